The number of carbonyl (C=O) groups excluding carboxylic acids is 3. The van der Waals surface area contributed by atoms with E-state index in [0.717, 1.165) is 18.4 Å². The lowest BCUT2D eigenvalue weighted by Gasteiger charge is -2.28. The van der Waals surface area contributed by atoms with Crippen LogP contribution < -0.4 is 0 Å². The molecule has 1 fully saturated rings. The van der Waals surface area contributed by atoms with E-state index in [1.54, 1.807) is 11.8 Å². The molecule has 0 aliphatic carbocycles. The molecule has 0 bridgehead atoms. The number of ether oxygens (including phenoxy) is 2. The van der Waals surface area contributed by atoms with E-state index in [1.165, 1.54) is 6.92 Å². The van der Waals surface area contributed by atoms with Crippen molar-refractivity contribution in [3.05, 3.63) is 35.9 Å². The lowest BCUT2D eigenvalue weighted by molar-refractivity contribution is -0.151. The summed E-state index contributed by atoms with van der Waals surface area (Å²) in [5.74, 6) is -1.27. The van der Waals surface area contributed by atoms with Crippen LogP contribution in [0.1, 0.15) is 45.6 Å². The molecule has 0 saturated carbocycles. The van der Waals surface area contributed by atoms with Crippen molar-refractivity contribution in [2.24, 2.45) is 11.8 Å². The monoisotopic (exact) mass is 375 g/mol. The number of hydrogen-bond acceptors (Lipinski definition) is 5. The second kappa shape index (κ2) is 10.1. The van der Waals surface area contributed by atoms with Crippen LogP contribution in [0.5, 0.6) is 0 Å². The lowest BCUT2D eigenvalue weighted by atomic mass is 9.96. The molecule has 1 amide bonds. The highest BCUT2D eigenvalue weighted by molar-refractivity contribution is 5.80. The van der Waals surface area contributed by atoms with Gasteiger partial charge in [-0.05, 0) is 24.8 Å². The molecule has 148 valence electrons. The maximum absolute atomic E-state index is 12.8. The molecular weight excluding hydrogens is 346 g/mol. The molecule has 1 heterocycles. The predicted octanol–water partition coefficient (Wildman–Crippen LogP) is 2.95. The summed E-state index contributed by atoms with van der Waals surface area (Å²) in [7, 11) is 0. The number of rotatable bonds is 8. The van der Waals surface area contributed by atoms with Gasteiger partial charge in [0.1, 0.15) is 13.2 Å². The van der Waals surface area contributed by atoms with Crippen LogP contribution in [0.25, 0.3) is 0 Å². The molecule has 1 aliphatic rings. The van der Waals surface area contributed by atoms with Crippen LogP contribution in [0, 0.1) is 11.8 Å². The van der Waals surface area contributed by atoms with E-state index in [-0.39, 0.29) is 48.9 Å². The summed E-state index contributed by atoms with van der Waals surface area (Å²) < 4.78 is 10.4. The summed E-state index contributed by atoms with van der Waals surface area (Å²) in [4.78, 5) is 37.8. The standard InChI is InChI=1S/C21H29NO5/c1-15(20(24)22-11-7-10-19(22)14-26-17(3)23)12-16(2)21(25)27-13-18-8-5-4-6-9-18/h4-6,8-9,15-16,19H,7,10-14H2,1-3H3. The molecule has 0 N–H and O–H groups in total. The number of likely N-dealkylation sites (tertiary alicyclic amines) is 1. The van der Waals surface area contributed by atoms with Gasteiger partial charge in [0.25, 0.3) is 0 Å². The van der Waals surface area contributed by atoms with Gasteiger partial charge in [-0.3, -0.25) is 14.4 Å². The van der Waals surface area contributed by atoms with E-state index < -0.39 is 0 Å². The van der Waals surface area contributed by atoms with E-state index >= 15 is 0 Å². The van der Waals surface area contributed by atoms with Gasteiger partial charge in [-0.1, -0.05) is 44.2 Å². The van der Waals surface area contributed by atoms with Crippen LogP contribution in [0.4, 0.5) is 0 Å². The Bertz CT molecular complexity index is 645. The molecular formula is C21H29NO5. The Morgan fingerprint density at radius 2 is 1.81 bits per heavy atom. The SMILES string of the molecule is CC(=O)OCC1CCCN1C(=O)C(C)CC(C)C(=O)OCc1ccccc1. The third-order valence-electron chi connectivity index (χ3n) is 4.89. The zero-order valence-corrected chi connectivity index (χ0v) is 16.3. The Balaban J connectivity index is 1.81. The van der Waals surface area contributed by atoms with Gasteiger partial charge in [0.2, 0.25) is 5.91 Å². The number of esters is 2. The van der Waals surface area contributed by atoms with E-state index in [0.29, 0.717) is 13.0 Å². The van der Waals surface area contributed by atoms with Crippen molar-refractivity contribution < 1.29 is 23.9 Å². The van der Waals surface area contributed by atoms with Crippen LogP contribution in [0.3, 0.4) is 0 Å². The fourth-order valence-corrected chi connectivity index (χ4v) is 3.39. The molecule has 0 aromatic heterocycles. The van der Waals surface area contributed by atoms with Crippen molar-refractivity contribution in [1.29, 1.82) is 0 Å². The average Bonchev–Trinajstić information content (AvgIpc) is 3.13. The largest absolute Gasteiger partial charge is 0.464 e. The molecule has 0 spiro atoms. The maximum atomic E-state index is 12.8. The van der Waals surface area contributed by atoms with Gasteiger partial charge in [0, 0.05) is 19.4 Å². The highest BCUT2D eigenvalue weighted by Gasteiger charge is 2.33. The first-order valence-electron chi connectivity index (χ1n) is 9.53. The minimum absolute atomic E-state index is 0.00682. The van der Waals surface area contributed by atoms with Gasteiger partial charge in [-0.15, -0.1) is 0 Å². The molecule has 2 rings (SSSR count). The average molecular weight is 375 g/mol. The molecule has 1 aromatic carbocycles. The Labute approximate surface area is 160 Å². The molecule has 1 aromatic rings. The number of nitrogens with zero attached hydrogens (tertiary/aromatic N) is 1. The zero-order chi connectivity index (χ0) is 19.8. The van der Waals surface area contributed by atoms with E-state index in [9.17, 15) is 14.4 Å². The molecule has 0 radical (unpaired) electrons. The van der Waals surface area contributed by atoms with Crippen molar-refractivity contribution in [3.8, 4) is 0 Å². The van der Waals surface area contributed by atoms with Crippen LogP contribution in [-0.2, 0) is 30.5 Å². The molecule has 3 unspecified atom stereocenters. The van der Waals surface area contributed by atoms with E-state index in [1.807, 2.05) is 37.3 Å². The van der Waals surface area contributed by atoms with Gasteiger partial charge >= 0.3 is 11.9 Å². The van der Waals surface area contributed by atoms with E-state index in [4.69, 9.17) is 9.47 Å². The Hall–Kier alpha value is -2.37. The minimum Gasteiger partial charge on any atom is -0.464 e. The van der Waals surface area contributed by atoms with Crippen molar-refractivity contribution in [2.75, 3.05) is 13.2 Å². The van der Waals surface area contributed by atoms with Crippen LogP contribution in [0.2, 0.25) is 0 Å². The Morgan fingerprint density at radius 1 is 1.11 bits per heavy atom. The molecule has 27 heavy (non-hydrogen) atoms. The summed E-state index contributed by atoms with van der Waals surface area (Å²) >= 11 is 0. The second-order valence-electron chi connectivity index (χ2n) is 7.26. The van der Waals surface area contributed by atoms with Crippen molar-refractivity contribution >= 4 is 17.8 Å². The summed E-state index contributed by atoms with van der Waals surface area (Å²) in [5, 5.41) is 0. The van der Waals surface area contributed by atoms with Gasteiger partial charge < -0.3 is 14.4 Å². The fraction of sp³-hybridized carbons (Fsp3) is 0.571. The van der Waals surface area contributed by atoms with Crippen molar-refractivity contribution in [3.63, 3.8) is 0 Å². The minimum atomic E-state index is -0.359. The fourth-order valence-electron chi connectivity index (χ4n) is 3.39. The van der Waals surface area contributed by atoms with Gasteiger partial charge in [0.15, 0.2) is 0 Å². The van der Waals surface area contributed by atoms with Gasteiger partial charge in [0.05, 0.1) is 12.0 Å². The van der Waals surface area contributed by atoms with Crippen LogP contribution in [-0.4, -0.2) is 41.9 Å². The van der Waals surface area contributed by atoms with E-state index in [2.05, 4.69) is 0 Å². The Morgan fingerprint density at radius 3 is 2.48 bits per heavy atom. The maximum Gasteiger partial charge on any atom is 0.309 e. The third kappa shape index (κ3) is 6.38. The first-order chi connectivity index (χ1) is 12.9. The molecule has 1 saturated heterocycles. The first kappa shape index (κ1) is 20.9. The smallest absolute Gasteiger partial charge is 0.309 e. The molecule has 6 nitrogen and oxygen atoms in total. The van der Waals surface area contributed by atoms with Gasteiger partial charge in [-0.25, -0.2) is 0 Å². The lowest BCUT2D eigenvalue weighted by Crippen LogP contribution is -2.42. The van der Waals surface area contributed by atoms with Gasteiger partial charge in [-0.2, -0.15) is 0 Å². The highest BCUT2D eigenvalue weighted by Crippen LogP contribution is 2.23. The topological polar surface area (TPSA) is 72.9 Å². The summed E-state index contributed by atoms with van der Waals surface area (Å²) in [6.45, 7) is 6.14. The normalized spacial score (nSPS) is 18.6. The Kier molecular flexibility index (Phi) is 7.82. The summed E-state index contributed by atoms with van der Waals surface area (Å²) in [5.41, 5.74) is 0.938. The summed E-state index contributed by atoms with van der Waals surface area (Å²) in [6.07, 6.45) is 2.17. The summed E-state index contributed by atoms with van der Waals surface area (Å²) in [6, 6.07) is 9.45. The van der Waals surface area contributed by atoms with Crippen LogP contribution >= 0.6 is 0 Å². The molecule has 1 aliphatic heterocycles. The van der Waals surface area contributed by atoms with Crippen LogP contribution in [0.15, 0.2) is 30.3 Å². The number of amides is 1. The second-order valence-corrected chi connectivity index (χ2v) is 7.26. The number of benzene rings is 1. The predicted molar refractivity (Wildman–Crippen MR) is 101 cm³/mol. The molecule has 6 heteroatoms. The first-order valence-corrected chi connectivity index (χ1v) is 9.53. The zero-order valence-electron chi connectivity index (χ0n) is 16.3. The highest BCUT2D eigenvalue weighted by atomic mass is 16.5. The van der Waals surface area contributed by atoms with Crippen molar-refractivity contribution in [1.82, 2.24) is 4.90 Å². The third-order valence-corrected chi connectivity index (χ3v) is 4.89. The number of carbonyl (C=O) groups is 3. The number of hydrogen-bond donors (Lipinski definition) is 0. The van der Waals surface area contributed by atoms with Crippen molar-refractivity contribution in [2.45, 2.75) is 52.7 Å². The quantitative estimate of drug-likeness (QED) is 0.653. The molecule has 3 atom stereocenters.